The van der Waals surface area contributed by atoms with Crippen LogP contribution < -0.4 is 10.9 Å². The number of anilines is 1. The molecule has 0 bridgehead atoms. The van der Waals surface area contributed by atoms with Crippen LogP contribution in [-0.2, 0) is 6.42 Å². The highest BCUT2D eigenvalue weighted by atomic mass is 35.5. The van der Waals surface area contributed by atoms with Gasteiger partial charge in [-0.3, -0.25) is 15.6 Å². The number of benzene rings is 3. The molecule has 1 heterocycles. The molecule has 31 heavy (non-hydrogen) atoms. The SMILES string of the molecule is Cc1ccc2c(c1)Cc1c(C(=O)NNc3ccccc3)nn(-c3ccc(Cl)cc3Cl)c1-2. The van der Waals surface area contributed by atoms with Crippen LogP contribution in [0.25, 0.3) is 16.9 Å². The van der Waals surface area contributed by atoms with Gasteiger partial charge in [0.1, 0.15) is 0 Å². The molecule has 5 nitrogen and oxygen atoms in total. The number of aryl methyl sites for hydroxylation is 1. The highest BCUT2D eigenvalue weighted by Gasteiger charge is 2.31. The fourth-order valence-corrected chi connectivity index (χ4v) is 4.39. The van der Waals surface area contributed by atoms with Crippen molar-refractivity contribution in [2.45, 2.75) is 13.3 Å². The molecule has 1 aliphatic carbocycles. The predicted octanol–water partition coefficient (Wildman–Crippen LogP) is 5.82. The molecule has 154 valence electrons. The minimum atomic E-state index is -0.312. The van der Waals surface area contributed by atoms with Gasteiger partial charge >= 0.3 is 0 Å². The summed E-state index contributed by atoms with van der Waals surface area (Å²) in [5.41, 5.74) is 12.6. The lowest BCUT2D eigenvalue weighted by molar-refractivity contribution is 0.0956. The number of hydrogen-bond acceptors (Lipinski definition) is 3. The molecule has 0 aliphatic heterocycles. The number of amides is 1. The van der Waals surface area contributed by atoms with Gasteiger partial charge in [-0.15, -0.1) is 0 Å². The molecule has 0 radical (unpaired) electrons. The van der Waals surface area contributed by atoms with E-state index in [0.29, 0.717) is 27.8 Å². The van der Waals surface area contributed by atoms with Crippen LogP contribution in [0.1, 0.15) is 27.2 Å². The van der Waals surface area contributed by atoms with Crippen LogP contribution in [0.2, 0.25) is 10.0 Å². The standard InChI is InChI=1S/C24H18Cl2N4O/c1-14-7-9-18-15(11-14)12-19-22(24(31)28-27-17-5-3-2-4-6-17)29-30(23(18)19)21-10-8-16(25)13-20(21)26/h2-11,13,27H,12H2,1H3,(H,28,31). The fourth-order valence-electron chi connectivity index (χ4n) is 3.90. The van der Waals surface area contributed by atoms with Crippen molar-refractivity contribution < 1.29 is 4.79 Å². The monoisotopic (exact) mass is 448 g/mol. The number of nitrogens with zero attached hydrogens (tertiary/aromatic N) is 2. The summed E-state index contributed by atoms with van der Waals surface area (Å²) in [7, 11) is 0. The Balaban J connectivity index is 1.59. The van der Waals surface area contributed by atoms with E-state index in [0.717, 1.165) is 28.1 Å². The van der Waals surface area contributed by atoms with Gasteiger partial charge in [0.25, 0.3) is 5.91 Å². The van der Waals surface area contributed by atoms with Gasteiger partial charge in [-0.2, -0.15) is 5.10 Å². The van der Waals surface area contributed by atoms with Crippen LogP contribution in [0, 0.1) is 6.92 Å². The van der Waals surface area contributed by atoms with E-state index in [1.807, 2.05) is 36.4 Å². The molecular weight excluding hydrogens is 431 g/mol. The first-order chi connectivity index (χ1) is 15.0. The molecular formula is C24H18Cl2N4O. The molecule has 2 N–H and O–H groups in total. The zero-order chi connectivity index (χ0) is 21.5. The fraction of sp³-hybridized carbons (Fsp3) is 0.0833. The summed E-state index contributed by atoms with van der Waals surface area (Å²) >= 11 is 12.6. The molecule has 1 aromatic heterocycles. The van der Waals surface area contributed by atoms with Crippen molar-refractivity contribution in [1.82, 2.24) is 15.2 Å². The van der Waals surface area contributed by atoms with Crippen LogP contribution in [0.15, 0.2) is 66.7 Å². The Hall–Kier alpha value is -3.28. The lowest BCUT2D eigenvalue weighted by Crippen LogP contribution is -2.30. The molecule has 1 amide bonds. The van der Waals surface area contributed by atoms with E-state index in [4.69, 9.17) is 23.2 Å². The van der Waals surface area contributed by atoms with Crippen LogP contribution in [0.5, 0.6) is 0 Å². The first-order valence-electron chi connectivity index (χ1n) is 9.80. The quantitative estimate of drug-likeness (QED) is 0.340. The Labute approximate surface area is 189 Å². The van der Waals surface area contributed by atoms with Gasteiger partial charge in [-0.1, -0.05) is 65.2 Å². The maximum absolute atomic E-state index is 13.1. The zero-order valence-electron chi connectivity index (χ0n) is 16.6. The molecule has 0 atom stereocenters. The van der Waals surface area contributed by atoms with E-state index in [9.17, 15) is 4.79 Å². The maximum atomic E-state index is 13.1. The molecule has 0 fully saturated rings. The molecule has 3 aromatic carbocycles. The largest absolute Gasteiger partial charge is 0.298 e. The number of para-hydroxylation sites is 1. The van der Waals surface area contributed by atoms with Crippen LogP contribution >= 0.6 is 23.2 Å². The summed E-state index contributed by atoms with van der Waals surface area (Å²) in [5.74, 6) is -0.312. The molecule has 7 heteroatoms. The highest BCUT2D eigenvalue weighted by Crippen LogP contribution is 2.41. The predicted molar refractivity (Wildman–Crippen MR) is 124 cm³/mol. The summed E-state index contributed by atoms with van der Waals surface area (Å²) in [5, 5.41) is 5.67. The lowest BCUT2D eigenvalue weighted by Gasteiger charge is -2.10. The highest BCUT2D eigenvalue weighted by molar-refractivity contribution is 6.35. The molecule has 0 saturated heterocycles. The van der Waals surface area contributed by atoms with E-state index >= 15 is 0 Å². The molecule has 0 spiro atoms. The zero-order valence-corrected chi connectivity index (χ0v) is 18.1. The van der Waals surface area contributed by atoms with Crippen molar-refractivity contribution in [3.8, 4) is 16.9 Å². The summed E-state index contributed by atoms with van der Waals surface area (Å²) in [6, 6.07) is 21.0. The van der Waals surface area contributed by atoms with Crippen LogP contribution in [0.3, 0.4) is 0 Å². The number of hydrogen-bond donors (Lipinski definition) is 2. The third-order valence-corrected chi connectivity index (χ3v) is 5.85. The lowest BCUT2D eigenvalue weighted by atomic mass is 10.1. The number of carbonyl (C=O) groups is 1. The number of halogens is 2. The first kappa shape index (κ1) is 19.7. The van der Waals surface area contributed by atoms with Crippen molar-refractivity contribution in [3.05, 3.63) is 99.2 Å². The van der Waals surface area contributed by atoms with E-state index < -0.39 is 0 Å². The van der Waals surface area contributed by atoms with Gasteiger partial charge in [-0.05, 0) is 42.8 Å². The topological polar surface area (TPSA) is 59.0 Å². The molecule has 1 aliphatic rings. The third-order valence-electron chi connectivity index (χ3n) is 5.31. The van der Waals surface area contributed by atoms with Gasteiger partial charge in [0.05, 0.1) is 22.1 Å². The second-order valence-corrected chi connectivity index (χ2v) is 8.31. The summed E-state index contributed by atoms with van der Waals surface area (Å²) in [6.07, 6.45) is 0.631. The van der Waals surface area contributed by atoms with Gasteiger partial charge in [0, 0.05) is 22.6 Å². The van der Waals surface area contributed by atoms with E-state index in [2.05, 4.69) is 41.1 Å². The van der Waals surface area contributed by atoms with Crippen molar-refractivity contribution in [3.63, 3.8) is 0 Å². The van der Waals surface area contributed by atoms with Gasteiger partial charge in [-0.25, -0.2) is 4.68 Å². The Bertz CT molecular complexity index is 1310. The smallest absolute Gasteiger partial charge is 0.290 e. The second-order valence-electron chi connectivity index (χ2n) is 7.47. The average molecular weight is 449 g/mol. The molecule has 5 rings (SSSR count). The van der Waals surface area contributed by atoms with Crippen molar-refractivity contribution in [1.29, 1.82) is 0 Å². The number of hydrazine groups is 1. The third kappa shape index (κ3) is 3.56. The van der Waals surface area contributed by atoms with Gasteiger partial charge in [0.15, 0.2) is 5.69 Å². The first-order valence-corrected chi connectivity index (χ1v) is 10.6. The van der Waals surface area contributed by atoms with Gasteiger partial charge in [0.2, 0.25) is 0 Å². The Morgan fingerprint density at radius 3 is 2.61 bits per heavy atom. The Kier molecular flexibility index (Phi) is 4.93. The number of rotatable bonds is 4. The minimum Gasteiger partial charge on any atom is -0.298 e. The van der Waals surface area contributed by atoms with Crippen LogP contribution in [0.4, 0.5) is 5.69 Å². The summed E-state index contributed by atoms with van der Waals surface area (Å²) in [6.45, 7) is 2.06. The minimum absolute atomic E-state index is 0.312. The Morgan fingerprint density at radius 1 is 1.03 bits per heavy atom. The number of fused-ring (bicyclic) bond motifs is 3. The summed E-state index contributed by atoms with van der Waals surface area (Å²) < 4.78 is 1.74. The second kappa shape index (κ2) is 7.76. The summed E-state index contributed by atoms with van der Waals surface area (Å²) in [4.78, 5) is 13.1. The van der Waals surface area contributed by atoms with Crippen molar-refractivity contribution >= 4 is 34.8 Å². The average Bonchev–Trinajstić information content (AvgIpc) is 3.29. The molecule has 0 unspecified atom stereocenters. The van der Waals surface area contributed by atoms with Crippen LogP contribution in [-0.4, -0.2) is 15.7 Å². The van der Waals surface area contributed by atoms with Gasteiger partial charge < -0.3 is 0 Å². The molecule has 4 aromatic rings. The number of carbonyl (C=O) groups excluding carboxylic acids is 1. The van der Waals surface area contributed by atoms with E-state index in [1.54, 1.807) is 16.8 Å². The van der Waals surface area contributed by atoms with Crippen molar-refractivity contribution in [2.75, 3.05) is 5.43 Å². The van der Waals surface area contributed by atoms with E-state index in [1.165, 1.54) is 5.56 Å². The number of nitrogens with one attached hydrogen (secondary N) is 2. The Morgan fingerprint density at radius 2 is 1.84 bits per heavy atom. The molecule has 0 saturated carbocycles. The normalized spacial score (nSPS) is 11.7. The number of aromatic nitrogens is 2. The maximum Gasteiger partial charge on any atom is 0.290 e. The van der Waals surface area contributed by atoms with Crippen molar-refractivity contribution in [2.24, 2.45) is 0 Å². The van der Waals surface area contributed by atoms with E-state index in [-0.39, 0.29) is 5.91 Å².